The molecule has 0 aliphatic heterocycles. The SMILES string of the molecule is NC(CC1CCCCC1)c1ccnnc1. The second-order valence-corrected chi connectivity index (χ2v) is 4.52. The van der Waals surface area contributed by atoms with E-state index in [0.29, 0.717) is 0 Å². The van der Waals surface area contributed by atoms with Crippen molar-refractivity contribution in [2.24, 2.45) is 11.7 Å². The van der Waals surface area contributed by atoms with Crippen molar-refractivity contribution in [2.75, 3.05) is 0 Å². The largest absolute Gasteiger partial charge is 0.324 e. The molecule has 1 aliphatic carbocycles. The lowest BCUT2D eigenvalue weighted by atomic mass is 9.84. The van der Waals surface area contributed by atoms with Crippen LogP contribution >= 0.6 is 0 Å². The van der Waals surface area contributed by atoms with Crippen molar-refractivity contribution < 1.29 is 0 Å². The summed E-state index contributed by atoms with van der Waals surface area (Å²) in [5.41, 5.74) is 7.28. The van der Waals surface area contributed by atoms with Crippen molar-refractivity contribution in [1.82, 2.24) is 10.2 Å². The van der Waals surface area contributed by atoms with Gasteiger partial charge in [0, 0.05) is 12.2 Å². The summed E-state index contributed by atoms with van der Waals surface area (Å²) in [4.78, 5) is 0. The lowest BCUT2D eigenvalue weighted by Gasteiger charge is -2.24. The van der Waals surface area contributed by atoms with Crippen molar-refractivity contribution in [3.8, 4) is 0 Å². The number of hydrogen-bond acceptors (Lipinski definition) is 3. The molecule has 1 unspecified atom stereocenters. The Morgan fingerprint density at radius 3 is 2.73 bits per heavy atom. The van der Waals surface area contributed by atoms with E-state index in [4.69, 9.17) is 5.73 Å². The van der Waals surface area contributed by atoms with Gasteiger partial charge in [-0.3, -0.25) is 0 Å². The Morgan fingerprint density at radius 2 is 2.07 bits per heavy atom. The Morgan fingerprint density at radius 1 is 1.27 bits per heavy atom. The van der Waals surface area contributed by atoms with Gasteiger partial charge in [0.25, 0.3) is 0 Å². The molecule has 0 amide bonds. The van der Waals surface area contributed by atoms with Crippen LogP contribution in [0.2, 0.25) is 0 Å². The highest BCUT2D eigenvalue weighted by molar-refractivity contribution is 5.10. The molecule has 1 heterocycles. The molecule has 2 N–H and O–H groups in total. The molecule has 1 aliphatic rings. The van der Waals surface area contributed by atoms with Gasteiger partial charge in [0.1, 0.15) is 0 Å². The van der Waals surface area contributed by atoms with Crippen LogP contribution < -0.4 is 5.73 Å². The summed E-state index contributed by atoms with van der Waals surface area (Å²) in [7, 11) is 0. The van der Waals surface area contributed by atoms with E-state index in [0.717, 1.165) is 17.9 Å². The van der Waals surface area contributed by atoms with Crippen LogP contribution in [-0.2, 0) is 0 Å². The zero-order valence-corrected chi connectivity index (χ0v) is 9.10. The van der Waals surface area contributed by atoms with E-state index in [-0.39, 0.29) is 6.04 Å². The van der Waals surface area contributed by atoms with Crippen LogP contribution in [0.3, 0.4) is 0 Å². The molecule has 0 saturated heterocycles. The van der Waals surface area contributed by atoms with E-state index < -0.39 is 0 Å². The number of nitrogens with two attached hydrogens (primary N) is 1. The quantitative estimate of drug-likeness (QED) is 0.824. The molecular weight excluding hydrogens is 186 g/mol. The van der Waals surface area contributed by atoms with E-state index in [1.54, 1.807) is 12.4 Å². The Labute approximate surface area is 91.1 Å². The minimum Gasteiger partial charge on any atom is -0.324 e. The summed E-state index contributed by atoms with van der Waals surface area (Å²) < 4.78 is 0. The molecule has 1 atom stereocenters. The third kappa shape index (κ3) is 2.99. The van der Waals surface area contributed by atoms with Crippen LogP contribution in [0.15, 0.2) is 18.5 Å². The Kier molecular flexibility index (Phi) is 3.67. The smallest absolute Gasteiger partial charge is 0.0543 e. The fourth-order valence-corrected chi connectivity index (χ4v) is 2.44. The lowest BCUT2D eigenvalue weighted by molar-refractivity contribution is 0.319. The third-order valence-corrected chi connectivity index (χ3v) is 3.35. The van der Waals surface area contributed by atoms with Gasteiger partial charge in [-0.15, -0.1) is 0 Å². The molecule has 0 aromatic carbocycles. The lowest BCUT2D eigenvalue weighted by Crippen LogP contribution is -2.17. The van der Waals surface area contributed by atoms with Crippen molar-refractivity contribution in [1.29, 1.82) is 0 Å². The fourth-order valence-electron chi connectivity index (χ4n) is 2.44. The maximum absolute atomic E-state index is 6.16. The molecule has 0 spiro atoms. The molecular formula is C12H19N3. The van der Waals surface area contributed by atoms with Crippen LogP contribution in [0.25, 0.3) is 0 Å². The number of nitrogens with zero attached hydrogens (tertiary/aromatic N) is 2. The zero-order valence-electron chi connectivity index (χ0n) is 9.10. The fraction of sp³-hybridized carbons (Fsp3) is 0.667. The summed E-state index contributed by atoms with van der Waals surface area (Å²) >= 11 is 0. The first-order valence-corrected chi connectivity index (χ1v) is 5.88. The predicted octanol–water partition coefficient (Wildman–Crippen LogP) is 2.45. The van der Waals surface area contributed by atoms with Gasteiger partial charge in [-0.1, -0.05) is 32.1 Å². The Hall–Kier alpha value is -0.960. The van der Waals surface area contributed by atoms with Crippen LogP contribution in [0, 0.1) is 5.92 Å². The zero-order chi connectivity index (χ0) is 10.5. The predicted molar refractivity (Wildman–Crippen MR) is 60.2 cm³/mol. The van der Waals surface area contributed by atoms with Gasteiger partial charge in [-0.2, -0.15) is 10.2 Å². The molecule has 3 nitrogen and oxygen atoms in total. The van der Waals surface area contributed by atoms with E-state index in [2.05, 4.69) is 10.2 Å². The average Bonchev–Trinajstić information content (AvgIpc) is 2.31. The van der Waals surface area contributed by atoms with Crippen LogP contribution in [-0.4, -0.2) is 10.2 Å². The first-order chi connectivity index (χ1) is 7.36. The van der Waals surface area contributed by atoms with Gasteiger partial charge in [0.15, 0.2) is 0 Å². The normalized spacial score (nSPS) is 20.1. The molecule has 15 heavy (non-hydrogen) atoms. The third-order valence-electron chi connectivity index (χ3n) is 3.35. The molecule has 1 aromatic rings. The number of hydrogen-bond donors (Lipinski definition) is 1. The molecule has 82 valence electrons. The summed E-state index contributed by atoms with van der Waals surface area (Å²) in [6.45, 7) is 0. The highest BCUT2D eigenvalue weighted by Gasteiger charge is 2.17. The van der Waals surface area contributed by atoms with Gasteiger partial charge < -0.3 is 5.73 Å². The second kappa shape index (κ2) is 5.21. The van der Waals surface area contributed by atoms with Crippen molar-refractivity contribution in [2.45, 2.75) is 44.6 Å². The van der Waals surface area contributed by atoms with E-state index in [1.807, 2.05) is 6.07 Å². The molecule has 2 rings (SSSR count). The summed E-state index contributed by atoms with van der Waals surface area (Å²) in [6, 6.07) is 2.11. The van der Waals surface area contributed by atoms with Gasteiger partial charge in [0.2, 0.25) is 0 Å². The minimum absolute atomic E-state index is 0.142. The molecule has 1 fully saturated rings. The van der Waals surface area contributed by atoms with Crippen LogP contribution in [0.1, 0.15) is 50.1 Å². The van der Waals surface area contributed by atoms with Gasteiger partial charge >= 0.3 is 0 Å². The van der Waals surface area contributed by atoms with Gasteiger partial charge in [-0.05, 0) is 24.0 Å². The molecule has 1 aromatic heterocycles. The van der Waals surface area contributed by atoms with E-state index in [9.17, 15) is 0 Å². The maximum Gasteiger partial charge on any atom is 0.0543 e. The average molecular weight is 205 g/mol. The first kappa shape index (κ1) is 10.6. The Bertz CT molecular complexity index is 280. The van der Waals surface area contributed by atoms with Crippen molar-refractivity contribution >= 4 is 0 Å². The minimum atomic E-state index is 0.142. The molecule has 0 bridgehead atoms. The van der Waals surface area contributed by atoms with Crippen molar-refractivity contribution in [3.05, 3.63) is 24.0 Å². The molecule has 0 radical (unpaired) electrons. The van der Waals surface area contributed by atoms with Crippen LogP contribution in [0.4, 0.5) is 0 Å². The molecule has 3 heteroatoms. The summed E-state index contributed by atoms with van der Waals surface area (Å²) in [5.74, 6) is 0.821. The topological polar surface area (TPSA) is 51.8 Å². The van der Waals surface area contributed by atoms with Gasteiger partial charge in [-0.25, -0.2) is 0 Å². The molecule has 1 saturated carbocycles. The van der Waals surface area contributed by atoms with E-state index in [1.165, 1.54) is 32.1 Å². The second-order valence-electron chi connectivity index (χ2n) is 4.52. The monoisotopic (exact) mass is 205 g/mol. The highest BCUT2D eigenvalue weighted by Crippen LogP contribution is 2.30. The first-order valence-electron chi connectivity index (χ1n) is 5.88. The highest BCUT2D eigenvalue weighted by atomic mass is 15.1. The maximum atomic E-state index is 6.16. The van der Waals surface area contributed by atoms with Gasteiger partial charge in [0.05, 0.1) is 6.20 Å². The van der Waals surface area contributed by atoms with E-state index >= 15 is 0 Å². The standard InChI is InChI=1S/C12H19N3/c13-12(11-6-7-14-15-9-11)8-10-4-2-1-3-5-10/h6-7,9-10,12H,1-5,8,13H2. The van der Waals surface area contributed by atoms with Crippen LogP contribution in [0.5, 0.6) is 0 Å². The number of rotatable bonds is 3. The summed E-state index contributed by atoms with van der Waals surface area (Å²) in [5, 5.41) is 7.64. The Balaban J connectivity index is 1.88. The summed E-state index contributed by atoms with van der Waals surface area (Å²) in [6.07, 6.45) is 11.5. The number of aromatic nitrogens is 2. The van der Waals surface area contributed by atoms with Crippen molar-refractivity contribution in [3.63, 3.8) is 0 Å².